The van der Waals surface area contributed by atoms with Gasteiger partial charge in [-0.1, -0.05) is 61.7 Å². The first-order chi connectivity index (χ1) is 15.6. The molecule has 32 heavy (non-hydrogen) atoms. The van der Waals surface area contributed by atoms with Crippen LogP contribution in [-0.4, -0.2) is 42.2 Å². The molecule has 3 unspecified atom stereocenters. The summed E-state index contributed by atoms with van der Waals surface area (Å²) in [4.78, 5) is 16.0. The smallest absolute Gasteiger partial charge is 0.257 e. The van der Waals surface area contributed by atoms with Gasteiger partial charge in [0.2, 0.25) is 0 Å². The third-order valence-electron chi connectivity index (χ3n) is 7.89. The molecule has 3 aliphatic rings. The lowest BCUT2D eigenvalue weighted by atomic mass is 9.72. The van der Waals surface area contributed by atoms with Crippen LogP contribution in [0.5, 0.6) is 5.75 Å². The number of hydrogen-bond donors (Lipinski definition) is 2. The van der Waals surface area contributed by atoms with E-state index in [4.69, 9.17) is 4.74 Å². The minimum atomic E-state index is -1.48. The molecule has 2 saturated carbocycles. The lowest BCUT2D eigenvalue weighted by Gasteiger charge is -2.38. The van der Waals surface area contributed by atoms with Crippen molar-refractivity contribution in [1.29, 1.82) is 0 Å². The highest BCUT2D eigenvalue weighted by atomic mass is 16.5. The van der Waals surface area contributed by atoms with Crippen LogP contribution in [0, 0.1) is 17.8 Å². The van der Waals surface area contributed by atoms with Crippen molar-refractivity contribution in [2.24, 2.45) is 17.8 Å². The lowest BCUT2D eigenvalue weighted by molar-refractivity contribution is -0.149. The molecule has 3 atom stereocenters. The van der Waals surface area contributed by atoms with Crippen molar-refractivity contribution in [3.8, 4) is 5.75 Å². The molecular formula is C27H34N2O3. The monoisotopic (exact) mass is 434 g/mol. The first-order valence-electron chi connectivity index (χ1n) is 12.0. The van der Waals surface area contributed by atoms with Crippen LogP contribution in [0.3, 0.4) is 0 Å². The molecule has 1 saturated heterocycles. The van der Waals surface area contributed by atoms with E-state index in [1.165, 1.54) is 12.0 Å². The van der Waals surface area contributed by atoms with E-state index in [0.717, 1.165) is 51.1 Å². The number of fused-ring (bicyclic) bond motifs is 1. The first-order valence-corrected chi connectivity index (χ1v) is 12.0. The van der Waals surface area contributed by atoms with Gasteiger partial charge in [-0.05, 0) is 47.9 Å². The summed E-state index contributed by atoms with van der Waals surface area (Å²) >= 11 is 0. The summed E-state index contributed by atoms with van der Waals surface area (Å²) in [5.41, 5.74) is 0.535. The number of amides is 1. The normalized spacial score (nSPS) is 27.4. The molecule has 2 N–H and O–H groups in total. The van der Waals surface area contributed by atoms with Crippen molar-refractivity contribution in [2.45, 2.75) is 50.3 Å². The number of benzene rings is 2. The van der Waals surface area contributed by atoms with Crippen LogP contribution >= 0.6 is 0 Å². The number of carbonyl (C=O) groups excluding carboxylic acids is 1. The van der Waals surface area contributed by atoms with Crippen molar-refractivity contribution < 1.29 is 14.6 Å². The topological polar surface area (TPSA) is 61.8 Å². The van der Waals surface area contributed by atoms with E-state index in [9.17, 15) is 9.90 Å². The molecule has 1 aliphatic heterocycles. The van der Waals surface area contributed by atoms with Gasteiger partial charge in [0.15, 0.2) is 5.60 Å². The Morgan fingerprint density at radius 3 is 2.31 bits per heavy atom. The van der Waals surface area contributed by atoms with Gasteiger partial charge in [0.05, 0.1) is 7.11 Å². The highest BCUT2D eigenvalue weighted by molar-refractivity contribution is 5.87. The molecule has 5 rings (SSSR count). The van der Waals surface area contributed by atoms with Gasteiger partial charge in [0, 0.05) is 31.6 Å². The van der Waals surface area contributed by atoms with E-state index in [1.54, 1.807) is 7.11 Å². The number of piperidine rings is 1. The molecule has 5 heteroatoms. The zero-order chi connectivity index (χ0) is 22.1. The van der Waals surface area contributed by atoms with Crippen LogP contribution in [0.15, 0.2) is 54.6 Å². The van der Waals surface area contributed by atoms with E-state index in [1.807, 2.05) is 30.3 Å². The molecule has 5 nitrogen and oxygen atoms in total. The molecular weight excluding hydrogens is 400 g/mol. The summed E-state index contributed by atoms with van der Waals surface area (Å²) in [5.74, 6) is 1.46. The van der Waals surface area contributed by atoms with Crippen LogP contribution < -0.4 is 10.1 Å². The largest absolute Gasteiger partial charge is 0.497 e. The predicted molar refractivity (Wildman–Crippen MR) is 124 cm³/mol. The fourth-order valence-corrected chi connectivity index (χ4v) is 5.98. The number of likely N-dealkylation sites (tertiary alicyclic amines) is 1. The molecule has 1 amide bonds. The minimum absolute atomic E-state index is 0.0437. The van der Waals surface area contributed by atoms with Crippen LogP contribution in [-0.2, 0) is 16.9 Å². The molecule has 2 aliphatic carbocycles. The van der Waals surface area contributed by atoms with Gasteiger partial charge in [-0.2, -0.15) is 0 Å². The number of nitrogens with zero attached hydrogens (tertiary/aromatic N) is 1. The van der Waals surface area contributed by atoms with Crippen molar-refractivity contribution in [3.63, 3.8) is 0 Å². The maximum Gasteiger partial charge on any atom is 0.257 e. The summed E-state index contributed by atoms with van der Waals surface area (Å²) in [6, 6.07) is 18.1. The van der Waals surface area contributed by atoms with E-state index < -0.39 is 5.60 Å². The Balaban J connectivity index is 1.26. The number of rotatable bonds is 7. The maximum atomic E-state index is 13.6. The molecule has 0 radical (unpaired) electrons. The van der Waals surface area contributed by atoms with Gasteiger partial charge in [0.25, 0.3) is 5.91 Å². The van der Waals surface area contributed by atoms with Crippen molar-refractivity contribution in [2.75, 3.05) is 20.2 Å². The molecule has 3 fully saturated rings. The standard InChI is InChI=1S/C27H34N2O3/c1-32-22-14-12-21(13-15-22)27(31,20-10-6-3-7-11-20)26(30)28-25-23-17-29(18-24(23)25)16-19-8-4-2-5-9-19/h2,4-5,8-9,12-15,20,23-25,31H,3,6-7,10-11,16-18H2,1H3,(H,28,30). The fraction of sp³-hybridized carbons (Fsp3) is 0.519. The SMILES string of the molecule is COc1ccc(C(O)(C(=O)NC2C3CN(Cc4ccccc4)CC32)C2CCCCC2)cc1. The van der Waals surface area contributed by atoms with E-state index >= 15 is 0 Å². The van der Waals surface area contributed by atoms with Gasteiger partial charge >= 0.3 is 0 Å². The van der Waals surface area contributed by atoms with Gasteiger partial charge in [-0.3, -0.25) is 9.69 Å². The second-order valence-electron chi connectivity index (χ2n) is 9.84. The number of hydrogen-bond acceptors (Lipinski definition) is 4. The average Bonchev–Trinajstić information content (AvgIpc) is 3.28. The van der Waals surface area contributed by atoms with Gasteiger partial charge < -0.3 is 15.2 Å². The van der Waals surface area contributed by atoms with Crippen LogP contribution in [0.1, 0.15) is 43.2 Å². The summed E-state index contributed by atoms with van der Waals surface area (Å²) in [6.45, 7) is 2.98. The van der Waals surface area contributed by atoms with Gasteiger partial charge in [0.1, 0.15) is 5.75 Å². The Labute approximate surface area is 190 Å². The first kappa shape index (κ1) is 21.5. The number of methoxy groups -OCH3 is 1. The third-order valence-corrected chi connectivity index (χ3v) is 7.89. The molecule has 0 spiro atoms. The highest BCUT2D eigenvalue weighted by Crippen LogP contribution is 2.47. The molecule has 170 valence electrons. The number of aliphatic hydroxyl groups is 1. The zero-order valence-corrected chi connectivity index (χ0v) is 18.9. The molecule has 0 bridgehead atoms. The third kappa shape index (κ3) is 4.04. The highest BCUT2D eigenvalue weighted by Gasteiger charge is 2.58. The van der Waals surface area contributed by atoms with E-state index in [0.29, 0.717) is 17.4 Å². The maximum absolute atomic E-state index is 13.6. The lowest BCUT2D eigenvalue weighted by Crippen LogP contribution is -2.51. The molecule has 0 aromatic heterocycles. The Morgan fingerprint density at radius 1 is 1.03 bits per heavy atom. The van der Waals surface area contributed by atoms with Crippen molar-refractivity contribution in [1.82, 2.24) is 10.2 Å². The predicted octanol–water partition coefficient (Wildman–Crippen LogP) is 3.71. The van der Waals surface area contributed by atoms with Crippen LogP contribution in [0.25, 0.3) is 0 Å². The van der Waals surface area contributed by atoms with Crippen molar-refractivity contribution in [3.05, 3.63) is 65.7 Å². The van der Waals surface area contributed by atoms with E-state index in [2.05, 4.69) is 34.5 Å². The Hall–Kier alpha value is -2.37. The minimum Gasteiger partial charge on any atom is -0.497 e. The average molecular weight is 435 g/mol. The fourth-order valence-electron chi connectivity index (χ4n) is 5.98. The molecule has 2 aromatic carbocycles. The Bertz CT molecular complexity index is 914. The number of ether oxygens (including phenoxy) is 1. The van der Waals surface area contributed by atoms with E-state index in [-0.39, 0.29) is 17.9 Å². The van der Waals surface area contributed by atoms with Crippen LogP contribution in [0.4, 0.5) is 0 Å². The second-order valence-corrected chi connectivity index (χ2v) is 9.84. The summed E-state index contributed by atoms with van der Waals surface area (Å²) in [5, 5.41) is 15.1. The summed E-state index contributed by atoms with van der Waals surface area (Å²) < 4.78 is 5.28. The Kier molecular flexibility index (Phi) is 5.95. The molecule has 2 aromatic rings. The number of nitrogens with one attached hydrogen (secondary N) is 1. The zero-order valence-electron chi connectivity index (χ0n) is 18.9. The van der Waals surface area contributed by atoms with Crippen molar-refractivity contribution >= 4 is 5.91 Å². The molecule has 1 heterocycles. The van der Waals surface area contributed by atoms with Crippen LogP contribution in [0.2, 0.25) is 0 Å². The van der Waals surface area contributed by atoms with Gasteiger partial charge in [-0.25, -0.2) is 0 Å². The van der Waals surface area contributed by atoms with Gasteiger partial charge in [-0.15, -0.1) is 0 Å². The summed E-state index contributed by atoms with van der Waals surface area (Å²) in [7, 11) is 1.63. The number of carbonyl (C=O) groups is 1. The Morgan fingerprint density at radius 2 is 1.69 bits per heavy atom. The second kappa shape index (κ2) is 8.87. The quantitative estimate of drug-likeness (QED) is 0.697. The summed E-state index contributed by atoms with van der Waals surface area (Å²) in [6.07, 6.45) is 5.09.